The first-order valence-corrected chi connectivity index (χ1v) is 3.43. The summed E-state index contributed by atoms with van der Waals surface area (Å²) in [6, 6.07) is 3.94. The molecule has 1 amide bonds. The first-order valence-electron chi connectivity index (χ1n) is 3.43. The van der Waals surface area contributed by atoms with Gasteiger partial charge in [-0.2, -0.15) is 0 Å². The molecule has 1 aromatic carbocycles. The number of amides is 1. The van der Waals surface area contributed by atoms with Crippen molar-refractivity contribution in [2.45, 2.75) is 6.17 Å². The van der Waals surface area contributed by atoms with Crippen molar-refractivity contribution in [3.05, 3.63) is 29.6 Å². The molecule has 0 saturated carbocycles. The van der Waals surface area contributed by atoms with Crippen LogP contribution < -0.4 is 5.32 Å². The van der Waals surface area contributed by atoms with Crippen molar-refractivity contribution in [1.82, 2.24) is 0 Å². The lowest BCUT2D eigenvalue weighted by Gasteiger charge is -1.97. The highest BCUT2D eigenvalue weighted by Crippen LogP contribution is 2.34. The van der Waals surface area contributed by atoms with E-state index in [1.54, 1.807) is 0 Å². The molecule has 0 aromatic heterocycles. The predicted octanol–water partition coefficient (Wildman–Crippen LogP) is 1.79. The van der Waals surface area contributed by atoms with Crippen molar-refractivity contribution in [2.75, 3.05) is 5.32 Å². The van der Waals surface area contributed by atoms with E-state index in [2.05, 4.69) is 5.32 Å². The Morgan fingerprint density at radius 3 is 2.83 bits per heavy atom. The number of benzene rings is 1. The van der Waals surface area contributed by atoms with Gasteiger partial charge in [0.25, 0.3) is 5.91 Å². The topological polar surface area (TPSA) is 29.1 Å². The first kappa shape index (κ1) is 7.21. The van der Waals surface area contributed by atoms with Gasteiger partial charge < -0.3 is 5.32 Å². The van der Waals surface area contributed by atoms with E-state index >= 15 is 0 Å². The van der Waals surface area contributed by atoms with Crippen LogP contribution in [0, 0.1) is 5.82 Å². The Morgan fingerprint density at radius 1 is 1.42 bits per heavy atom. The number of halogens is 2. The third-order valence-electron chi connectivity index (χ3n) is 1.80. The van der Waals surface area contributed by atoms with Crippen molar-refractivity contribution in [2.24, 2.45) is 0 Å². The zero-order valence-corrected chi connectivity index (χ0v) is 5.97. The maximum Gasteiger partial charge on any atom is 0.263 e. The largest absolute Gasteiger partial charge is 0.320 e. The summed E-state index contributed by atoms with van der Waals surface area (Å²) in [5.41, 5.74) is 0.0509. The van der Waals surface area contributed by atoms with Gasteiger partial charge in [-0.15, -0.1) is 0 Å². The lowest BCUT2D eigenvalue weighted by Crippen LogP contribution is -2.07. The highest BCUT2D eigenvalue weighted by atomic mass is 19.1. The third-order valence-corrected chi connectivity index (χ3v) is 1.80. The average Bonchev–Trinajstić information content (AvgIpc) is 2.32. The van der Waals surface area contributed by atoms with Gasteiger partial charge in [0.2, 0.25) is 6.17 Å². The number of nitrogens with one attached hydrogen (secondary N) is 1. The number of hydrogen-bond acceptors (Lipinski definition) is 1. The van der Waals surface area contributed by atoms with E-state index in [0.29, 0.717) is 0 Å². The monoisotopic (exact) mass is 169 g/mol. The van der Waals surface area contributed by atoms with Crippen LogP contribution in [0.25, 0.3) is 0 Å². The SMILES string of the molecule is O=C1Nc2c(F)cccc2C1F. The fraction of sp³-hybridized carbons (Fsp3) is 0.125. The molecule has 0 saturated heterocycles. The van der Waals surface area contributed by atoms with Crippen LogP contribution in [0.5, 0.6) is 0 Å². The van der Waals surface area contributed by atoms with Crippen LogP contribution in [-0.4, -0.2) is 5.91 Å². The van der Waals surface area contributed by atoms with Crippen LogP contribution in [0.1, 0.15) is 11.7 Å². The summed E-state index contributed by atoms with van der Waals surface area (Å²) >= 11 is 0. The van der Waals surface area contributed by atoms with E-state index in [4.69, 9.17) is 0 Å². The van der Waals surface area contributed by atoms with E-state index in [0.717, 1.165) is 0 Å². The van der Waals surface area contributed by atoms with Gasteiger partial charge in [-0.3, -0.25) is 4.79 Å². The van der Waals surface area contributed by atoms with Crippen molar-refractivity contribution < 1.29 is 13.6 Å². The molecule has 2 nitrogen and oxygen atoms in total. The molecule has 62 valence electrons. The fourth-order valence-corrected chi connectivity index (χ4v) is 1.21. The summed E-state index contributed by atoms with van der Waals surface area (Å²) in [7, 11) is 0. The Balaban J connectivity index is 2.60. The highest BCUT2D eigenvalue weighted by molar-refractivity contribution is 6.01. The standard InChI is InChI=1S/C8H5F2NO/c9-5-3-1-2-4-6(10)8(12)11-7(4)5/h1-3,6H,(H,11,12). The van der Waals surface area contributed by atoms with Gasteiger partial charge in [0.1, 0.15) is 5.82 Å². The van der Waals surface area contributed by atoms with Gasteiger partial charge in [0.05, 0.1) is 5.69 Å². The molecular weight excluding hydrogens is 164 g/mol. The van der Waals surface area contributed by atoms with E-state index in [1.165, 1.54) is 18.2 Å². The third kappa shape index (κ3) is 0.809. The minimum Gasteiger partial charge on any atom is -0.320 e. The Kier molecular flexibility index (Phi) is 1.36. The number of anilines is 1. The first-order chi connectivity index (χ1) is 5.70. The fourth-order valence-electron chi connectivity index (χ4n) is 1.21. The van der Waals surface area contributed by atoms with Gasteiger partial charge in [-0.05, 0) is 6.07 Å². The van der Waals surface area contributed by atoms with Gasteiger partial charge in [0.15, 0.2) is 0 Å². The Morgan fingerprint density at radius 2 is 2.17 bits per heavy atom. The molecule has 4 heteroatoms. The molecule has 1 heterocycles. The predicted molar refractivity (Wildman–Crippen MR) is 38.9 cm³/mol. The molecule has 0 aliphatic carbocycles. The minimum atomic E-state index is -1.73. The normalized spacial score (nSPS) is 20.5. The molecular formula is C8H5F2NO. The number of rotatable bonds is 0. The number of para-hydroxylation sites is 1. The smallest absolute Gasteiger partial charge is 0.263 e. The van der Waals surface area contributed by atoms with Crippen molar-refractivity contribution in [1.29, 1.82) is 0 Å². The second-order valence-corrected chi connectivity index (χ2v) is 2.56. The van der Waals surface area contributed by atoms with Crippen LogP contribution in [0.2, 0.25) is 0 Å². The Labute approximate surface area is 67.2 Å². The molecule has 1 N–H and O–H groups in total. The molecule has 1 atom stereocenters. The Hall–Kier alpha value is -1.45. The summed E-state index contributed by atoms with van der Waals surface area (Å²) in [6.45, 7) is 0. The molecule has 1 aromatic rings. The number of fused-ring (bicyclic) bond motifs is 1. The van der Waals surface area contributed by atoms with Gasteiger partial charge in [0, 0.05) is 5.56 Å². The second-order valence-electron chi connectivity index (χ2n) is 2.56. The lowest BCUT2D eigenvalue weighted by molar-refractivity contribution is -0.120. The van der Waals surface area contributed by atoms with E-state index in [9.17, 15) is 13.6 Å². The molecule has 0 bridgehead atoms. The van der Waals surface area contributed by atoms with Crippen LogP contribution in [0.4, 0.5) is 14.5 Å². The van der Waals surface area contributed by atoms with Crippen molar-refractivity contribution >= 4 is 11.6 Å². The summed E-state index contributed by atoms with van der Waals surface area (Å²) in [4.78, 5) is 10.7. The minimum absolute atomic E-state index is 0.0324. The van der Waals surface area contributed by atoms with Crippen LogP contribution >= 0.6 is 0 Å². The quantitative estimate of drug-likeness (QED) is 0.630. The van der Waals surface area contributed by atoms with E-state index in [1.807, 2.05) is 0 Å². The molecule has 1 aliphatic rings. The summed E-state index contributed by atoms with van der Waals surface area (Å²) < 4.78 is 25.8. The van der Waals surface area contributed by atoms with Gasteiger partial charge in [-0.25, -0.2) is 8.78 Å². The molecule has 0 radical (unpaired) electrons. The molecule has 0 fully saturated rings. The second kappa shape index (κ2) is 2.27. The van der Waals surface area contributed by atoms with Gasteiger partial charge in [-0.1, -0.05) is 12.1 Å². The van der Waals surface area contributed by atoms with Crippen LogP contribution in [0.3, 0.4) is 0 Å². The zero-order valence-electron chi connectivity index (χ0n) is 5.97. The van der Waals surface area contributed by atoms with E-state index in [-0.39, 0.29) is 11.3 Å². The van der Waals surface area contributed by atoms with Crippen molar-refractivity contribution in [3.63, 3.8) is 0 Å². The maximum atomic E-state index is 12.9. The number of alkyl halides is 1. The number of carbonyl (C=O) groups excluding carboxylic acids is 1. The lowest BCUT2D eigenvalue weighted by atomic mass is 10.1. The molecule has 1 unspecified atom stereocenters. The number of hydrogen-bond donors (Lipinski definition) is 1. The molecule has 0 spiro atoms. The Bertz CT molecular complexity index is 351. The summed E-state index contributed by atoms with van der Waals surface area (Å²) in [5.74, 6) is -1.39. The summed E-state index contributed by atoms with van der Waals surface area (Å²) in [6.07, 6.45) is -1.73. The molecule has 1 aliphatic heterocycles. The van der Waals surface area contributed by atoms with Crippen molar-refractivity contribution in [3.8, 4) is 0 Å². The molecule has 2 rings (SSSR count). The van der Waals surface area contributed by atoms with Crippen LogP contribution in [-0.2, 0) is 4.79 Å². The summed E-state index contributed by atoms with van der Waals surface area (Å²) in [5, 5.41) is 2.13. The zero-order chi connectivity index (χ0) is 8.72. The van der Waals surface area contributed by atoms with Crippen LogP contribution in [0.15, 0.2) is 18.2 Å². The molecule has 12 heavy (non-hydrogen) atoms. The maximum absolute atomic E-state index is 12.9. The highest BCUT2D eigenvalue weighted by Gasteiger charge is 2.31. The average molecular weight is 169 g/mol. The van der Waals surface area contributed by atoms with Gasteiger partial charge >= 0.3 is 0 Å². The van der Waals surface area contributed by atoms with E-state index < -0.39 is 17.9 Å². The number of carbonyl (C=O) groups is 1.